The Balaban J connectivity index is 2.69. The van der Waals surface area contributed by atoms with Gasteiger partial charge in [-0.25, -0.2) is 9.97 Å². The maximum absolute atomic E-state index is 5.44. The van der Waals surface area contributed by atoms with E-state index in [4.69, 9.17) is 9.72 Å². The Morgan fingerprint density at radius 3 is 2.57 bits per heavy atom. The summed E-state index contributed by atoms with van der Waals surface area (Å²) < 4.78 is 7.46. The monoisotopic (exact) mass is 461 g/mol. The molecule has 0 spiro atoms. The Morgan fingerprint density at radius 1 is 1.29 bits per heavy atom. The van der Waals surface area contributed by atoms with Gasteiger partial charge in [-0.15, -0.1) is 0 Å². The Bertz CT molecular complexity index is 662. The third-order valence-corrected chi connectivity index (χ3v) is 4.62. The first kappa shape index (κ1) is 16.5. The number of benzene rings is 1. The minimum atomic E-state index is 0.323. The molecule has 0 fully saturated rings. The number of nitrogens with zero attached hydrogens (tertiary/aromatic N) is 2. The smallest absolute Gasteiger partial charge is 0.165 e. The third-order valence-electron chi connectivity index (χ3n) is 3.06. The lowest BCUT2D eigenvalue weighted by molar-refractivity contribution is 0.416. The van der Waals surface area contributed by atoms with E-state index in [0.717, 1.165) is 30.9 Å². The second-order valence-corrected chi connectivity index (χ2v) is 6.84. The standard InChI is InChI=1S/C15H17BrIN3O/c1-8(2)13-12(17)15(18-3)20-14(19-13)10-7-9(16)5-6-11(10)21-4/h5-8H,1-4H3,(H,18,19,20). The first-order chi connectivity index (χ1) is 9.97. The lowest BCUT2D eigenvalue weighted by Gasteiger charge is -2.15. The van der Waals surface area contributed by atoms with Crippen LogP contribution in [0.3, 0.4) is 0 Å². The highest BCUT2D eigenvalue weighted by Gasteiger charge is 2.17. The van der Waals surface area contributed by atoms with Gasteiger partial charge in [-0.3, -0.25) is 0 Å². The quantitative estimate of drug-likeness (QED) is 0.671. The molecule has 0 radical (unpaired) electrons. The molecule has 0 atom stereocenters. The van der Waals surface area contributed by atoms with Crippen molar-refractivity contribution >= 4 is 44.3 Å². The fourth-order valence-electron chi connectivity index (χ4n) is 1.99. The van der Waals surface area contributed by atoms with Crippen molar-refractivity contribution in [1.29, 1.82) is 0 Å². The topological polar surface area (TPSA) is 47.0 Å². The van der Waals surface area contributed by atoms with Crippen LogP contribution in [0.25, 0.3) is 11.4 Å². The van der Waals surface area contributed by atoms with Gasteiger partial charge < -0.3 is 10.1 Å². The molecule has 6 heteroatoms. The molecule has 0 bridgehead atoms. The SMILES string of the molecule is CNc1nc(-c2cc(Br)ccc2OC)nc(C(C)C)c1I. The van der Waals surface area contributed by atoms with Gasteiger partial charge in [0.2, 0.25) is 0 Å². The van der Waals surface area contributed by atoms with E-state index >= 15 is 0 Å². The molecule has 0 amide bonds. The zero-order chi connectivity index (χ0) is 15.6. The van der Waals surface area contributed by atoms with E-state index in [1.807, 2.05) is 25.2 Å². The van der Waals surface area contributed by atoms with Crippen molar-refractivity contribution in [3.8, 4) is 17.1 Å². The molecule has 1 aromatic heterocycles. The minimum Gasteiger partial charge on any atom is -0.496 e. The number of nitrogens with one attached hydrogen (secondary N) is 1. The van der Waals surface area contributed by atoms with Gasteiger partial charge in [-0.05, 0) is 46.7 Å². The van der Waals surface area contributed by atoms with Crippen LogP contribution >= 0.6 is 38.5 Å². The summed E-state index contributed by atoms with van der Waals surface area (Å²) in [5.74, 6) is 2.59. The van der Waals surface area contributed by atoms with Gasteiger partial charge in [-0.1, -0.05) is 29.8 Å². The van der Waals surface area contributed by atoms with Crippen LogP contribution in [0.15, 0.2) is 22.7 Å². The molecule has 0 aliphatic heterocycles. The average molecular weight is 462 g/mol. The first-order valence-electron chi connectivity index (χ1n) is 6.57. The highest BCUT2D eigenvalue weighted by Crippen LogP contribution is 2.34. The van der Waals surface area contributed by atoms with Crippen molar-refractivity contribution in [2.75, 3.05) is 19.5 Å². The van der Waals surface area contributed by atoms with Gasteiger partial charge in [0.05, 0.1) is 21.9 Å². The van der Waals surface area contributed by atoms with Crippen LogP contribution in [0.5, 0.6) is 5.75 Å². The van der Waals surface area contributed by atoms with E-state index in [0.29, 0.717) is 11.7 Å². The maximum atomic E-state index is 5.44. The zero-order valence-electron chi connectivity index (χ0n) is 12.4. The molecule has 0 saturated carbocycles. The van der Waals surface area contributed by atoms with Crippen LogP contribution in [-0.2, 0) is 0 Å². The second-order valence-electron chi connectivity index (χ2n) is 4.84. The number of anilines is 1. The molecule has 2 aromatic rings. The van der Waals surface area contributed by atoms with Gasteiger partial charge in [-0.2, -0.15) is 0 Å². The van der Waals surface area contributed by atoms with Crippen LogP contribution < -0.4 is 10.1 Å². The molecule has 1 heterocycles. The molecule has 2 rings (SSSR count). The largest absolute Gasteiger partial charge is 0.496 e. The minimum absolute atomic E-state index is 0.323. The van der Waals surface area contributed by atoms with Gasteiger partial charge >= 0.3 is 0 Å². The number of halogens is 2. The third kappa shape index (κ3) is 3.48. The van der Waals surface area contributed by atoms with Crippen LogP contribution in [0.1, 0.15) is 25.5 Å². The van der Waals surface area contributed by atoms with Crippen LogP contribution in [0.2, 0.25) is 0 Å². The highest BCUT2D eigenvalue weighted by molar-refractivity contribution is 14.1. The highest BCUT2D eigenvalue weighted by atomic mass is 127. The molecule has 0 aliphatic carbocycles. The van der Waals surface area contributed by atoms with Gasteiger partial charge in [0.15, 0.2) is 5.82 Å². The Labute approximate surface area is 147 Å². The number of aromatic nitrogens is 2. The summed E-state index contributed by atoms with van der Waals surface area (Å²) in [5.41, 5.74) is 1.91. The van der Waals surface area contributed by atoms with Crippen LogP contribution in [-0.4, -0.2) is 24.1 Å². The van der Waals surface area contributed by atoms with E-state index in [2.05, 4.69) is 62.7 Å². The molecular weight excluding hydrogens is 445 g/mol. The van der Waals surface area contributed by atoms with Crippen LogP contribution in [0.4, 0.5) is 5.82 Å². The summed E-state index contributed by atoms with van der Waals surface area (Å²) in [6.07, 6.45) is 0. The lowest BCUT2D eigenvalue weighted by atomic mass is 10.1. The number of ether oxygens (including phenoxy) is 1. The Kier molecular flexibility index (Phi) is 5.43. The maximum Gasteiger partial charge on any atom is 0.165 e. The first-order valence-corrected chi connectivity index (χ1v) is 8.44. The van der Waals surface area contributed by atoms with Crippen molar-refractivity contribution in [1.82, 2.24) is 9.97 Å². The molecular formula is C15H17BrIN3O. The zero-order valence-corrected chi connectivity index (χ0v) is 16.1. The lowest BCUT2D eigenvalue weighted by Crippen LogP contribution is -2.07. The summed E-state index contributed by atoms with van der Waals surface area (Å²) in [6, 6.07) is 5.83. The van der Waals surface area contributed by atoms with E-state index in [9.17, 15) is 0 Å². The van der Waals surface area contributed by atoms with E-state index in [-0.39, 0.29) is 0 Å². The van der Waals surface area contributed by atoms with Gasteiger partial charge in [0.25, 0.3) is 0 Å². The molecule has 0 unspecified atom stereocenters. The molecule has 1 aromatic carbocycles. The molecule has 0 aliphatic rings. The van der Waals surface area contributed by atoms with E-state index in [1.165, 1.54) is 0 Å². The van der Waals surface area contributed by atoms with E-state index in [1.54, 1.807) is 7.11 Å². The van der Waals surface area contributed by atoms with Gasteiger partial charge in [0.1, 0.15) is 11.6 Å². The fraction of sp³-hybridized carbons (Fsp3) is 0.333. The summed E-state index contributed by atoms with van der Waals surface area (Å²) in [6.45, 7) is 4.26. The van der Waals surface area contributed by atoms with Crippen molar-refractivity contribution in [3.05, 3.63) is 31.9 Å². The van der Waals surface area contributed by atoms with Crippen molar-refractivity contribution in [3.63, 3.8) is 0 Å². The van der Waals surface area contributed by atoms with E-state index < -0.39 is 0 Å². The average Bonchev–Trinajstić information content (AvgIpc) is 2.47. The summed E-state index contributed by atoms with van der Waals surface area (Å²) in [5, 5.41) is 3.14. The second kappa shape index (κ2) is 6.91. The molecule has 112 valence electrons. The summed E-state index contributed by atoms with van der Waals surface area (Å²) in [7, 11) is 3.53. The Morgan fingerprint density at radius 2 is 2.00 bits per heavy atom. The molecule has 0 saturated heterocycles. The van der Waals surface area contributed by atoms with Crippen molar-refractivity contribution < 1.29 is 4.74 Å². The number of methoxy groups -OCH3 is 1. The molecule has 1 N–H and O–H groups in total. The predicted molar refractivity (Wildman–Crippen MR) is 98.1 cm³/mol. The predicted octanol–water partition coefficient (Wildman–Crippen LogP) is 4.68. The van der Waals surface area contributed by atoms with Crippen molar-refractivity contribution in [2.24, 2.45) is 0 Å². The van der Waals surface area contributed by atoms with Gasteiger partial charge in [0, 0.05) is 11.5 Å². The molecule has 21 heavy (non-hydrogen) atoms. The molecule has 4 nitrogen and oxygen atoms in total. The Hall–Kier alpha value is -0.890. The number of hydrogen-bond donors (Lipinski definition) is 1. The normalized spacial score (nSPS) is 10.8. The summed E-state index contributed by atoms with van der Waals surface area (Å²) >= 11 is 5.78. The number of hydrogen-bond acceptors (Lipinski definition) is 4. The van der Waals surface area contributed by atoms with Crippen molar-refractivity contribution in [2.45, 2.75) is 19.8 Å². The number of rotatable bonds is 4. The fourth-order valence-corrected chi connectivity index (χ4v) is 3.48. The summed E-state index contributed by atoms with van der Waals surface area (Å²) in [4.78, 5) is 9.36. The van der Waals surface area contributed by atoms with Crippen LogP contribution in [0, 0.1) is 3.57 Å².